The second kappa shape index (κ2) is 3.54. The monoisotopic (exact) mass is 103 g/mol. The zero-order valence-corrected chi connectivity index (χ0v) is 3.70. The zero-order chi connectivity index (χ0) is 5.11. The van der Waals surface area contributed by atoms with E-state index in [2.05, 4.69) is 4.98 Å². The van der Waals surface area contributed by atoms with Crippen molar-refractivity contribution >= 4 is 18.9 Å². The summed E-state index contributed by atoms with van der Waals surface area (Å²) < 4.78 is 0. The Morgan fingerprint density at radius 3 is 2.38 bits per heavy atom. The van der Waals surface area contributed by atoms with Gasteiger partial charge in [-0.15, -0.1) is 0 Å². The van der Waals surface area contributed by atoms with Gasteiger partial charge in [0.05, 0.1) is 0 Å². The molecule has 0 aliphatic rings. The van der Waals surface area contributed by atoms with Crippen LogP contribution >= 0.6 is 0 Å². The molecule has 0 fully saturated rings. The third-order valence-electron chi connectivity index (χ3n) is 0.649. The molecule has 38 valence electrons. The second-order valence-electron chi connectivity index (χ2n) is 1.19. The van der Waals surface area contributed by atoms with E-state index < -0.39 is 0 Å². The molecule has 0 aliphatic carbocycles. The van der Waals surface area contributed by atoms with E-state index in [1.807, 2.05) is 0 Å². The molecule has 1 N–H and O–H groups in total. The van der Waals surface area contributed by atoms with E-state index in [1.165, 1.54) is 12.3 Å². The number of aromatic hydroxyl groups is 1. The first kappa shape index (κ1) is 7.55. The van der Waals surface area contributed by atoms with Gasteiger partial charge in [-0.05, 0) is 6.07 Å². The van der Waals surface area contributed by atoms with Crippen LogP contribution in [0.2, 0.25) is 0 Å². The number of hydrogen-bond donors (Lipinski definition) is 1. The first-order valence-electron chi connectivity index (χ1n) is 1.99. The third kappa shape index (κ3) is 2.01. The van der Waals surface area contributed by atoms with E-state index in [0.29, 0.717) is 0 Å². The molecule has 0 bridgehead atoms. The predicted molar refractivity (Wildman–Crippen MR) is 33.1 cm³/mol. The first-order chi connectivity index (χ1) is 3.39. The fraction of sp³-hybridized carbons (Fsp3) is 0. The fourth-order valence-electron chi connectivity index (χ4n) is 0.354. The van der Waals surface area contributed by atoms with Gasteiger partial charge in [0, 0.05) is 12.3 Å². The van der Waals surface area contributed by atoms with Crippen LogP contribution in [0.4, 0.5) is 0 Å². The van der Waals surface area contributed by atoms with E-state index in [4.69, 9.17) is 5.11 Å². The Balaban J connectivity index is 0.000000490. The summed E-state index contributed by atoms with van der Waals surface area (Å²) >= 11 is 0. The van der Waals surface area contributed by atoms with Gasteiger partial charge in [0.15, 0.2) is 0 Å². The summed E-state index contributed by atoms with van der Waals surface area (Å²) in [6, 6.07) is 5.00. The van der Waals surface area contributed by atoms with Gasteiger partial charge in [0.1, 0.15) is 0 Å². The average molecular weight is 103 g/mol. The molecule has 1 rings (SSSR count). The van der Waals surface area contributed by atoms with Crippen molar-refractivity contribution < 1.29 is 5.11 Å². The molecule has 0 radical (unpaired) electrons. The number of rotatable bonds is 0. The summed E-state index contributed by atoms with van der Waals surface area (Å²) in [6.07, 6.45) is 1.54. The molecule has 1 aromatic rings. The minimum atomic E-state index is 0. The van der Waals surface area contributed by atoms with Crippen molar-refractivity contribution in [1.29, 1.82) is 0 Å². The first-order valence-corrected chi connectivity index (χ1v) is 1.99. The van der Waals surface area contributed by atoms with E-state index in [9.17, 15) is 0 Å². The summed E-state index contributed by atoms with van der Waals surface area (Å²) in [5.41, 5.74) is 0. The molecule has 3 heteroatoms. The SMILES string of the molecule is Oc1ccccn1.[LiH]. The molecule has 0 atom stereocenters. The fourth-order valence-corrected chi connectivity index (χ4v) is 0.354. The molecule has 0 spiro atoms. The Morgan fingerprint density at radius 1 is 1.38 bits per heavy atom. The van der Waals surface area contributed by atoms with E-state index in [-0.39, 0.29) is 24.7 Å². The van der Waals surface area contributed by atoms with Crippen LogP contribution in [0.25, 0.3) is 0 Å². The van der Waals surface area contributed by atoms with Crippen molar-refractivity contribution in [2.75, 3.05) is 0 Å². The summed E-state index contributed by atoms with van der Waals surface area (Å²) in [5.74, 6) is 0.0718. The van der Waals surface area contributed by atoms with Crippen molar-refractivity contribution in [3.05, 3.63) is 24.4 Å². The van der Waals surface area contributed by atoms with Gasteiger partial charge in [-0.1, -0.05) is 6.07 Å². The van der Waals surface area contributed by atoms with Crippen LogP contribution < -0.4 is 0 Å². The number of nitrogens with zero attached hydrogens (tertiary/aromatic N) is 1. The summed E-state index contributed by atoms with van der Waals surface area (Å²) in [6.45, 7) is 0. The molecule has 1 heterocycles. The van der Waals surface area contributed by atoms with Crippen molar-refractivity contribution in [2.24, 2.45) is 0 Å². The molecule has 0 amide bonds. The van der Waals surface area contributed by atoms with Gasteiger partial charge in [0.2, 0.25) is 5.88 Å². The predicted octanol–water partition coefficient (Wildman–Crippen LogP) is 0.139. The van der Waals surface area contributed by atoms with Crippen molar-refractivity contribution in [1.82, 2.24) is 4.98 Å². The van der Waals surface area contributed by atoms with E-state index >= 15 is 0 Å². The molecule has 8 heavy (non-hydrogen) atoms. The summed E-state index contributed by atoms with van der Waals surface area (Å²) in [4.78, 5) is 3.53. The third-order valence-corrected chi connectivity index (χ3v) is 0.649. The minimum absolute atomic E-state index is 0. The Bertz CT molecular complexity index is 142. The zero-order valence-electron chi connectivity index (χ0n) is 3.70. The summed E-state index contributed by atoms with van der Waals surface area (Å²) in [7, 11) is 0. The Morgan fingerprint density at radius 2 is 2.12 bits per heavy atom. The molecular formula is C5H6LiNO. The van der Waals surface area contributed by atoms with Gasteiger partial charge in [-0.2, -0.15) is 0 Å². The maximum atomic E-state index is 8.52. The molecule has 0 saturated carbocycles. The van der Waals surface area contributed by atoms with Crippen LogP contribution in [0.3, 0.4) is 0 Å². The van der Waals surface area contributed by atoms with Gasteiger partial charge < -0.3 is 5.11 Å². The van der Waals surface area contributed by atoms with Gasteiger partial charge in [0.25, 0.3) is 0 Å². The van der Waals surface area contributed by atoms with Crippen LogP contribution in [0.1, 0.15) is 0 Å². The Kier molecular flexibility index (Phi) is 3.34. The van der Waals surface area contributed by atoms with Crippen LogP contribution in [-0.4, -0.2) is 29.0 Å². The topological polar surface area (TPSA) is 33.1 Å². The average Bonchev–Trinajstić information content (AvgIpc) is 1.69. The summed E-state index contributed by atoms with van der Waals surface area (Å²) in [5, 5.41) is 8.52. The van der Waals surface area contributed by atoms with Crippen LogP contribution in [0.15, 0.2) is 24.4 Å². The van der Waals surface area contributed by atoms with Crippen molar-refractivity contribution in [3.63, 3.8) is 0 Å². The maximum absolute atomic E-state index is 8.52. The van der Waals surface area contributed by atoms with Crippen molar-refractivity contribution in [3.8, 4) is 5.88 Å². The Hall–Kier alpha value is -0.453. The Labute approximate surface area is 59.7 Å². The van der Waals surface area contributed by atoms with Crippen molar-refractivity contribution in [2.45, 2.75) is 0 Å². The molecule has 0 aliphatic heterocycles. The number of aromatic nitrogens is 1. The van der Waals surface area contributed by atoms with Gasteiger partial charge in [-0.25, -0.2) is 4.98 Å². The molecule has 2 nitrogen and oxygen atoms in total. The molecule has 0 aromatic carbocycles. The second-order valence-corrected chi connectivity index (χ2v) is 1.19. The normalized spacial score (nSPS) is 7.50. The van der Waals surface area contributed by atoms with Crippen LogP contribution in [0.5, 0.6) is 5.88 Å². The molecular weight excluding hydrogens is 97.0 g/mol. The molecule has 1 aromatic heterocycles. The quantitative estimate of drug-likeness (QED) is 0.474. The van der Waals surface area contributed by atoms with Crippen LogP contribution in [0, 0.1) is 0 Å². The van der Waals surface area contributed by atoms with E-state index in [1.54, 1.807) is 12.1 Å². The number of hydrogen-bond acceptors (Lipinski definition) is 2. The standard InChI is InChI=1S/C5H5NO.Li.H/c7-5-3-1-2-4-6-5;;/h1-4H,(H,6,7);;. The molecule has 0 saturated heterocycles. The van der Waals surface area contributed by atoms with E-state index in [0.717, 1.165) is 0 Å². The number of pyridine rings is 1. The van der Waals surface area contributed by atoms with Gasteiger partial charge >= 0.3 is 18.9 Å². The van der Waals surface area contributed by atoms with Gasteiger partial charge in [-0.3, -0.25) is 0 Å². The van der Waals surface area contributed by atoms with Crippen LogP contribution in [-0.2, 0) is 0 Å². The molecule has 0 unspecified atom stereocenters.